The minimum absolute atomic E-state index is 0.0168. The fourth-order valence-electron chi connectivity index (χ4n) is 2.52. The van der Waals surface area contributed by atoms with Crippen LogP contribution in [0.5, 0.6) is 0 Å². The topological polar surface area (TPSA) is 46.9 Å². The van der Waals surface area contributed by atoms with Gasteiger partial charge in [0.1, 0.15) is 11.5 Å². The van der Waals surface area contributed by atoms with Gasteiger partial charge in [0.15, 0.2) is 0 Å². The minimum Gasteiger partial charge on any atom is -0.349 e. The lowest BCUT2D eigenvalue weighted by atomic mass is 10.1. The van der Waals surface area contributed by atoms with E-state index in [1.165, 1.54) is 12.1 Å². The molecule has 0 radical (unpaired) electrons. The third-order valence-corrected chi connectivity index (χ3v) is 3.78. The molecule has 0 bridgehead atoms. The van der Waals surface area contributed by atoms with Crippen molar-refractivity contribution in [3.63, 3.8) is 0 Å². The van der Waals surface area contributed by atoms with Gasteiger partial charge in [-0.1, -0.05) is 17.7 Å². The summed E-state index contributed by atoms with van der Waals surface area (Å²) >= 11 is 0. The van der Waals surface area contributed by atoms with Gasteiger partial charge in [-0.3, -0.25) is 4.79 Å². The number of aromatic nitrogens is 2. The van der Waals surface area contributed by atoms with E-state index in [0.29, 0.717) is 11.4 Å². The van der Waals surface area contributed by atoms with E-state index in [4.69, 9.17) is 0 Å². The van der Waals surface area contributed by atoms with E-state index in [2.05, 4.69) is 10.4 Å². The van der Waals surface area contributed by atoms with E-state index in [1.807, 2.05) is 45.0 Å². The summed E-state index contributed by atoms with van der Waals surface area (Å²) in [7, 11) is 0. The third-order valence-electron chi connectivity index (χ3n) is 3.78. The molecule has 0 unspecified atom stereocenters. The van der Waals surface area contributed by atoms with Gasteiger partial charge < -0.3 is 5.32 Å². The first-order valence-corrected chi connectivity index (χ1v) is 8.18. The van der Waals surface area contributed by atoms with E-state index in [0.717, 1.165) is 16.8 Å². The molecule has 128 valence electrons. The molecule has 0 saturated carbocycles. The Balaban J connectivity index is 2.09. The molecule has 1 aromatic heterocycles. The maximum Gasteiger partial charge on any atom is 0.270 e. The van der Waals surface area contributed by atoms with Crippen molar-refractivity contribution in [2.45, 2.75) is 26.8 Å². The van der Waals surface area contributed by atoms with E-state index < -0.39 is 0 Å². The maximum atomic E-state index is 13.2. The Morgan fingerprint density at radius 1 is 1.08 bits per heavy atom. The van der Waals surface area contributed by atoms with Gasteiger partial charge in [0, 0.05) is 11.6 Å². The normalized spacial score (nSPS) is 10.9. The quantitative estimate of drug-likeness (QED) is 0.778. The molecule has 1 N–H and O–H groups in total. The molecule has 0 fully saturated rings. The lowest BCUT2D eigenvalue weighted by Crippen LogP contribution is -2.31. The number of carbonyl (C=O) groups is 1. The molecule has 4 nitrogen and oxygen atoms in total. The van der Waals surface area contributed by atoms with Crippen LogP contribution in [-0.4, -0.2) is 21.7 Å². The molecule has 25 heavy (non-hydrogen) atoms. The monoisotopic (exact) mass is 337 g/mol. The summed E-state index contributed by atoms with van der Waals surface area (Å²) in [5.74, 6) is -0.504. The Hall–Kier alpha value is -2.95. The molecule has 0 spiro atoms. The average Bonchev–Trinajstić information content (AvgIpc) is 3.01. The van der Waals surface area contributed by atoms with Crippen molar-refractivity contribution >= 4 is 5.91 Å². The Bertz CT molecular complexity index is 880. The van der Waals surface area contributed by atoms with Gasteiger partial charge in [-0.25, -0.2) is 9.07 Å². The van der Waals surface area contributed by atoms with Crippen LogP contribution >= 0.6 is 0 Å². The molecule has 0 atom stereocenters. The standard InChI is InChI=1S/C20H20FN3O/c1-13(2)22-20(25)19-12-18(15-6-8-16(21)9-7-15)23-24(19)17-10-4-14(3)5-11-17/h4-13H,1-3H3,(H,22,25). The van der Waals surface area contributed by atoms with Gasteiger partial charge >= 0.3 is 0 Å². The van der Waals surface area contributed by atoms with Crippen LogP contribution in [0, 0.1) is 12.7 Å². The third kappa shape index (κ3) is 3.76. The van der Waals surface area contributed by atoms with Crippen LogP contribution in [0.3, 0.4) is 0 Å². The van der Waals surface area contributed by atoms with Crippen molar-refractivity contribution in [1.82, 2.24) is 15.1 Å². The second kappa shape index (κ2) is 6.89. The highest BCUT2D eigenvalue weighted by Crippen LogP contribution is 2.22. The van der Waals surface area contributed by atoms with Crippen LogP contribution in [0.2, 0.25) is 0 Å². The Morgan fingerprint density at radius 3 is 2.32 bits per heavy atom. The largest absolute Gasteiger partial charge is 0.349 e. The number of nitrogens with one attached hydrogen (secondary N) is 1. The van der Waals surface area contributed by atoms with Crippen molar-refractivity contribution in [3.8, 4) is 16.9 Å². The molecule has 0 aliphatic carbocycles. The summed E-state index contributed by atoms with van der Waals surface area (Å²) in [5, 5.41) is 7.47. The minimum atomic E-state index is -0.306. The molecule has 3 aromatic rings. The van der Waals surface area contributed by atoms with Crippen LogP contribution in [0.25, 0.3) is 16.9 Å². The van der Waals surface area contributed by atoms with Gasteiger partial charge in [-0.2, -0.15) is 5.10 Å². The van der Waals surface area contributed by atoms with Gasteiger partial charge in [0.25, 0.3) is 5.91 Å². The number of amides is 1. The second-order valence-corrected chi connectivity index (χ2v) is 6.30. The summed E-state index contributed by atoms with van der Waals surface area (Å²) in [6, 6.07) is 15.6. The Kier molecular flexibility index (Phi) is 4.65. The molecule has 1 heterocycles. The van der Waals surface area contributed by atoms with E-state index in [1.54, 1.807) is 22.9 Å². The van der Waals surface area contributed by atoms with Gasteiger partial charge in [-0.15, -0.1) is 0 Å². The summed E-state index contributed by atoms with van der Waals surface area (Å²) in [6.45, 7) is 5.82. The lowest BCUT2D eigenvalue weighted by molar-refractivity contribution is 0.0935. The zero-order valence-corrected chi connectivity index (χ0v) is 14.5. The zero-order valence-electron chi connectivity index (χ0n) is 14.5. The molecular formula is C20H20FN3O. The Labute approximate surface area is 146 Å². The first-order chi connectivity index (χ1) is 11.9. The lowest BCUT2D eigenvalue weighted by Gasteiger charge is -2.10. The summed E-state index contributed by atoms with van der Waals surface area (Å²) in [6.07, 6.45) is 0. The smallest absolute Gasteiger partial charge is 0.270 e. The number of benzene rings is 2. The zero-order chi connectivity index (χ0) is 18.0. The first kappa shape index (κ1) is 16.9. The van der Waals surface area contributed by atoms with Crippen LogP contribution in [0.15, 0.2) is 54.6 Å². The van der Waals surface area contributed by atoms with Crippen LogP contribution in [0.4, 0.5) is 4.39 Å². The highest BCUT2D eigenvalue weighted by molar-refractivity contribution is 5.94. The highest BCUT2D eigenvalue weighted by atomic mass is 19.1. The van der Waals surface area contributed by atoms with E-state index >= 15 is 0 Å². The van der Waals surface area contributed by atoms with Gasteiger partial charge in [0.2, 0.25) is 0 Å². The van der Waals surface area contributed by atoms with E-state index in [9.17, 15) is 9.18 Å². The molecule has 0 saturated heterocycles. The highest BCUT2D eigenvalue weighted by Gasteiger charge is 2.18. The van der Waals surface area contributed by atoms with Crippen LogP contribution in [0.1, 0.15) is 29.9 Å². The van der Waals surface area contributed by atoms with Crippen LogP contribution in [-0.2, 0) is 0 Å². The fraction of sp³-hybridized carbons (Fsp3) is 0.200. The molecular weight excluding hydrogens is 317 g/mol. The van der Waals surface area contributed by atoms with Gasteiger partial charge in [0.05, 0.1) is 11.4 Å². The first-order valence-electron chi connectivity index (χ1n) is 8.18. The van der Waals surface area contributed by atoms with Crippen molar-refractivity contribution in [3.05, 3.63) is 71.7 Å². The summed E-state index contributed by atoms with van der Waals surface area (Å²) < 4.78 is 14.8. The number of halogens is 1. The predicted octanol–water partition coefficient (Wildman–Crippen LogP) is 4.13. The molecule has 0 aliphatic rings. The number of carbonyl (C=O) groups excluding carboxylic acids is 1. The van der Waals surface area contributed by atoms with Crippen LogP contribution < -0.4 is 5.32 Å². The summed E-state index contributed by atoms with van der Waals surface area (Å²) in [4.78, 5) is 12.6. The predicted molar refractivity (Wildman–Crippen MR) is 96.3 cm³/mol. The van der Waals surface area contributed by atoms with Gasteiger partial charge in [-0.05, 0) is 63.2 Å². The fourth-order valence-corrected chi connectivity index (χ4v) is 2.52. The SMILES string of the molecule is Cc1ccc(-n2nc(-c3ccc(F)cc3)cc2C(=O)NC(C)C)cc1. The van der Waals surface area contributed by atoms with Crippen molar-refractivity contribution in [2.24, 2.45) is 0 Å². The van der Waals surface area contributed by atoms with E-state index in [-0.39, 0.29) is 17.8 Å². The van der Waals surface area contributed by atoms with Crippen molar-refractivity contribution in [2.75, 3.05) is 0 Å². The second-order valence-electron chi connectivity index (χ2n) is 6.30. The molecule has 1 amide bonds. The average molecular weight is 337 g/mol. The number of aryl methyl sites for hydroxylation is 1. The molecule has 0 aliphatic heterocycles. The number of hydrogen-bond donors (Lipinski definition) is 1. The molecule has 2 aromatic carbocycles. The summed E-state index contributed by atoms with van der Waals surface area (Å²) in [5.41, 5.74) is 3.74. The maximum absolute atomic E-state index is 13.2. The van der Waals surface area contributed by atoms with Crippen molar-refractivity contribution < 1.29 is 9.18 Å². The molecule has 5 heteroatoms. The number of hydrogen-bond acceptors (Lipinski definition) is 2. The number of nitrogens with zero attached hydrogens (tertiary/aromatic N) is 2. The van der Waals surface area contributed by atoms with Crippen molar-refractivity contribution in [1.29, 1.82) is 0 Å². The molecule has 3 rings (SSSR count). The number of rotatable bonds is 4. The Morgan fingerprint density at radius 2 is 1.72 bits per heavy atom.